The maximum Gasteiger partial charge on any atom is 0.326 e. The first kappa shape index (κ1) is 25.3. The molecule has 1 N–H and O–H groups in total. The Bertz CT molecular complexity index is 1340. The Balaban J connectivity index is 1.09. The van der Waals surface area contributed by atoms with Gasteiger partial charge >= 0.3 is 6.03 Å². The number of aryl methyl sites for hydroxylation is 2. The lowest BCUT2D eigenvalue weighted by Gasteiger charge is -2.42. The van der Waals surface area contributed by atoms with E-state index < -0.39 is 0 Å². The quantitative estimate of drug-likeness (QED) is 0.526. The summed E-state index contributed by atoms with van der Waals surface area (Å²) in [4.78, 5) is 20.4. The van der Waals surface area contributed by atoms with Crippen LogP contribution in [0, 0.1) is 6.92 Å². The molecule has 2 aromatic rings. The number of urea groups is 1. The molecule has 1 aliphatic carbocycles. The van der Waals surface area contributed by atoms with Crippen LogP contribution in [0.4, 0.5) is 16.2 Å². The minimum atomic E-state index is -0.0656. The van der Waals surface area contributed by atoms with Gasteiger partial charge in [0.2, 0.25) is 5.88 Å². The van der Waals surface area contributed by atoms with E-state index in [0.29, 0.717) is 0 Å². The molecule has 2 aromatic carbocycles. The number of carbonyl (C=O) groups excluding carboxylic acids is 1. The minimum Gasteiger partial charge on any atom is -0.456 e. The molecule has 1 unspecified atom stereocenters. The van der Waals surface area contributed by atoms with Gasteiger partial charge in [0.15, 0.2) is 12.0 Å². The van der Waals surface area contributed by atoms with Gasteiger partial charge < -0.3 is 19.7 Å². The van der Waals surface area contributed by atoms with Crippen molar-refractivity contribution in [3.63, 3.8) is 0 Å². The van der Waals surface area contributed by atoms with Crippen LogP contribution in [0.25, 0.3) is 0 Å². The summed E-state index contributed by atoms with van der Waals surface area (Å²) < 4.78 is 11.9. The molecular weight excluding hydrogens is 488 g/mol. The zero-order valence-electron chi connectivity index (χ0n) is 22.5. The van der Waals surface area contributed by atoms with Crippen molar-refractivity contribution in [3.8, 4) is 0 Å². The van der Waals surface area contributed by atoms with Crippen molar-refractivity contribution in [2.75, 3.05) is 42.9 Å². The minimum absolute atomic E-state index is 0.0656. The molecule has 0 aromatic heterocycles. The zero-order valence-corrected chi connectivity index (χ0v) is 22.5. The lowest BCUT2D eigenvalue weighted by atomic mass is 9.95. The molecule has 0 saturated carbocycles. The molecule has 7 nitrogen and oxygen atoms in total. The topological polar surface area (TPSA) is 57.3 Å². The normalized spacial score (nSPS) is 21.2. The average Bonchev–Trinajstić information content (AvgIpc) is 2.99. The Hall–Kier alpha value is -3.97. The van der Waals surface area contributed by atoms with E-state index in [2.05, 4.69) is 51.5 Å². The van der Waals surface area contributed by atoms with Crippen LogP contribution in [0.2, 0.25) is 0 Å². The smallest absolute Gasteiger partial charge is 0.326 e. The molecule has 2 amide bonds. The Morgan fingerprint density at radius 2 is 1.79 bits per heavy atom. The number of nitrogens with one attached hydrogen (secondary N) is 1. The van der Waals surface area contributed by atoms with Crippen molar-refractivity contribution in [1.29, 1.82) is 0 Å². The molecule has 7 heteroatoms. The highest BCUT2D eigenvalue weighted by Crippen LogP contribution is 2.32. The maximum absolute atomic E-state index is 13.7. The van der Waals surface area contributed by atoms with E-state index in [4.69, 9.17) is 9.47 Å². The summed E-state index contributed by atoms with van der Waals surface area (Å²) in [5.41, 5.74) is 5.33. The fourth-order valence-corrected chi connectivity index (χ4v) is 5.78. The second-order valence-electron chi connectivity index (χ2n) is 10.6. The van der Waals surface area contributed by atoms with Gasteiger partial charge in [0.1, 0.15) is 6.26 Å². The molecule has 4 aliphatic rings. The summed E-state index contributed by atoms with van der Waals surface area (Å²) in [7, 11) is 0. The van der Waals surface area contributed by atoms with Crippen LogP contribution < -0.4 is 10.2 Å². The van der Waals surface area contributed by atoms with Crippen molar-refractivity contribution in [1.82, 2.24) is 9.80 Å². The van der Waals surface area contributed by atoms with Crippen LogP contribution in [-0.2, 0) is 15.9 Å². The Morgan fingerprint density at radius 3 is 2.56 bits per heavy atom. The van der Waals surface area contributed by atoms with Gasteiger partial charge in [-0.15, -0.1) is 0 Å². The number of anilines is 2. The number of ether oxygens (including phenoxy) is 2. The lowest BCUT2D eigenvalue weighted by molar-refractivity contribution is 0.0815. The molecule has 0 radical (unpaired) electrons. The number of nitrogens with zero attached hydrogens (tertiary/aromatic N) is 3. The number of hydrogen-bond acceptors (Lipinski definition) is 5. The van der Waals surface area contributed by atoms with Crippen LogP contribution >= 0.6 is 0 Å². The number of para-hydroxylation sites is 2. The number of fused-ring (bicyclic) bond motifs is 1. The largest absolute Gasteiger partial charge is 0.456 e. The van der Waals surface area contributed by atoms with Gasteiger partial charge in [-0.2, -0.15) is 0 Å². The van der Waals surface area contributed by atoms with E-state index >= 15 is 0 Å². The Kier molecular flexibility index (Phi) is 7.41. The van der Waals surface area contributed by atoms with Crippen LogP contribution in [0.5, 0.6) is 0 Å². The highest BCUT2D eigenvalue weighted by molar-refractivity contribution is 6.03. The first-order valence-corrected chi connectivity index (χ1v) is 14.0. The van der Waals surface area contributed by atoms with E-state index in [-0.39, 0.29) is 12.1 Å². The van der Waals surface area contributed by atoms with Gasteiger partial charge in [0.25, 0.3) is 0 Å². The third-order valence-electron chi connectivity index (χ3n) is 8.03. The van der Waals surface area contributed by atoms with E-state index in [9.17, 15) is 4.79 Å². The molecule has 202 valence electrons. The first-order valence-electron chi connectivity index (χ1n) is 14.0. The van der Waals surface area contributed by atoms with Crippen LogP contribution in [0.1, 0.15) is 30.4 Å². The molecule has 1 atom stereocenters. The fraction of sp³-hybridized carbons (Fsp3) is 0.344. The third kappa shape index (κ3) is 5.59. The van der Waals surface area contributed by atoms with Gasteiger partial charge in [-0.3, -0.25) is 9.80 Å². The number of allylic oxidation sites excluding steroid dienone is 4. The summed E-state index contributed by atoms with van der Waals surface area (Å²) in [6, 6.07) is 16.3. The molecule has 3 aliphatic heterocycles. The molecular formula is C32H36N4O3. The monoisotopic (exact) mass is 524 g/mol. The van der Waals surface area contributed by atoms with Crippen molar-refractivity contribution >= 4 is 17.4 Å². The van der Waals surface area contributed by atoms with Crippen LogP contribution in [0.15, 0.2) is 96.5 Å². The number of amides is 2. The zero-order chi connectivity index (χ0) is 26.6. The standard InChI is InChI=1S/C32H36N4O3/c1-24-9-5-7-13-28(24)33-32(37)36-27(16-15-25-10-6-8-14-29(25)36)21-34-17-19-35(20-18-34)31-23-38-30(22-39-31)26-11-3-2-4-12-26/h2-3,5-11,13-14,22-23,27H,4,12,15-21H2,1H3,(H,33,37). The van der Waals surface area contributed by atoms with Crippen molar-refractivity contribution < 1.29 is 14.3 Å². The summed E-state index contributed by atoms with van der Waals surface area (Å²) in [6.07, 6.45) is 13.7. The van der Waals surface area contributed by atoms with Crippen molar-refractivity contribution in [3.05, 3.63) is 108 Å². The SMILES string of the molecule is Cc1ccccc1NC(=O)N1c2ccccc2CCC1CN1CCN(C2=COC(C3=CC=CCC3)=CO2)CC1. The highest BCUT2D eigenvalue weighted by Gasteiger charge is 2.33. The predicted molar refractivity (Wildman–Crippen MR) is 154 cm³/mol. The van der Waals surface area contributed by atoms with Crippen molar-refractivity contribution in [2.24, 2.45) is 0 Å². The number of carbonyl (C=O) groups is 1. The molecule has 39 heavy (non-hydrogen) atoms. The average molecular weight is 525 g/mol. The summed E-state index contributed by atoms with van der Waals surface area (Å²) in [6.45, 7) is 6.36. The van der Waals surface area contributed by atoms with E-state index in [0.717, 1.165) is 87.0 Å². The number of hydrogen-bond donors (Lipinski definition) is 1. The second-order valence-corrected chi connectivity index (χ2v) is 10.6. The molecule has 0 bridgehead atoms. The van der Waals surface area contributed by atoms with Crippen molar-refractivity contribution in [2.45, 2.75) is 38.6 Å². The van der Waals surface area contributed by atoms with E-state index in [1.807, 2.05) is 42.2 Å². The number of rotatable bonds is 5. The van der Waals surface area contributed by atoms with Gasteiger partial charge in [-0.05, 0) is 61.4 Å². The second kappa shape index (κ2) is 11.4. The van der Waals surface area contributed by atoms with Gasteiger partial charge in [0.05, 0.1) is 6.04 Å². The number of piperazine rings is 1. The highest BCUT2D eigenvalue weighted by atomic mass is 16.6. The van der Waals surface area contributed by atoms with Crippen LogP contribution in [-0.4, -0.2) is 54.6 Å². The molecule has 0 spiro atoms. The predicted octanol–water partition coefficient (Wildman–Crippen LogP) is 5.93. The molecule has 6 rings (SSSR count). The van der Waals surface area contributed by atoms with Crippen LogP contribution in [0.3, 0.4) is 0 Å². The summed E-state index contributed by atoms with van der Waals surface area (Å²) in [5.74, 6) is 1.56. The molecule has 3 heterocycles. The lowest BCUT2D eigenvalue weighted by Crippen LogP contribution is -2.54. The first-order chi connectivity index (χ1) is 19.2. The Labute approximate surface area is 230 Å². The summed E-state index contributed by atoms with van der Waals surface area (Å²) in [5, 5.41) is 3.17. The fourth-order valence-electron chi connectivity index (χ4n) is 5.78. The summed E-state index contributed by atoms with van der Waals surface area (Å²) >= 11 is 0. The Morgan fingerprint density at radius 1 is 0.974 bits per heavy atom. The molecule has 1 fully saturated rings. The van der Waals surface area contributed by atoms with Gasteiger partial charge in [-0.1, -0.05) is 54.6 Å². The van der Waals surface area contributed by atoms with Gasteiger partial charge in [-0.25, -0.2) is 4.79 Å². The van der Waals surface area contributed by atoms with E-state index in [1.54, 1.807) is 12.5 Å². The maximum atomic E-state index is 13.7. The third-order valence-corrected chi connectivity index (χ3v) is 8.03. The van der Waals surface area contributed by atoms with Gasteiger partial charge in [0, 0.05) is 44.1 Å². The van der Waals surface area contributed by atoms with E-state index in [1.165, 1.54) is 11.1 Å². The number of benzene rings is 2. The molecule has 1 saturated heterocycles.